The van der Waals surface area contributed by atoms with Crippen molar-refractivity contribution in [2.24, 2.45) is 4.99 Å². The number of methoxy groups -OCH3 is 1. The maximum atomic E-state index is 11.6. The van der Waals surface area contributed by atoms with Crippen molar-refractivity contribution in [3.05, 3.63) is 35.9 Å². The van der Waals surface area contributed by atoms with E-state index >= 15 is 0 Å². The summed E-state index contributed by atoms with van der Waals surface area (Å²) in [4.78, 5) is 15.7. The van der Waals surface area contributed by atoms with E-state index in [0.717, 1.165) is 5.56 Å². The zero-order valence-corrected chi connectivity index (χ0v) is 15.8. The molecule has 0 bridgehead atoms. The van der Waals surface area contributed by atoms with Crippen molar-refractivity contribution >= 4 is 12.1 Å². The molecular formula is C18H30N4O3. The van der Waals surface area contributed by atoms with Gasteiger partial charge in [0, 0.05) is 33.8 Å². The van der Waals surface area contributed by atoms with Gasteiger partial charge in [0.15, 0.2) is 5.96 Å². The van der Waals surface area contributed by atoms with Gasteiger partial charge in [-0.05, 0) is 26.3 Å². The van der Waals surface area contributed by atoms with Crippen LogP contribution in [0.15, 0.2) is 35.3 Å². The third kappa shape index (κ3) is 8.95. The number of carbonyl (C=O) groups excluding carboxylic acids is 1. The molecule has 0 fully saturated rings. The number of benzene rings is 1. The number of ether oxygens (including phenoxy) is 2. The second-order valence-electron chi connectivity index (χ2n) is 6.44. The molecule has 0 aliphatic carbocycles. The third-order valence-electron chi connectivity index (χ3n) is 3.22. The lowest BCUT2D eigenvalue weighted by Gasteiger charge is -2.20. The van der Waals surface area contributed by atoms with Crippen molar-refractivity contribution in [2.75, 3.05) is 33.8 Å². The van der Waals surface area contributed by atoms with Gasteiger partial charge in [-0.25, -0.2) is 4.79 Å². The molecule has 25 heavy (non-hydrogen) atoms. The SMILES string of the molecule is CN=C(NCCNC(=O)OC(C)(C)C)NCC(OC)c1ccccc1. The first-order valence-corrected chi connectivity index (χ1v) is 8.35. The molecule has 0 radical (unpaired) electrons. The van der Waals surface area contributed by atoms with E-state index in [1.54, 1.807) is 14.2 Å². The molecule has 0 saturated heterocycles. The van der Waals surface area contributed by atoms with Gasteiger partial charge >= 0.3 is 6.09 Å². The van der Waals surface area contributed by atoms with Crippen LogP contribution in [-0.2, 0) is 9.47 Å². The van der Waals surface area contributed by atoms with Crippen molar-refractivity contribution in [3.63, 3.8) is 0 Å². The molecule has 7 nitrogen and oxygen atoms in total. The minimum absolute atomic E-state index is 0.0698. The van der Waals surface area contributed by atoms with E-state index < -0.39 is 11.7 Å². The molecule has 1 atom stereocenters. The molecule has 0 aliphatic heterocycles. The summed E-state index contributed by atoms with van der Waals surface area (Å²) in [6, 6.07) is 9.99. The molecular weight excluding hydrogens is 320 g/mol. The fraction of sp³-hybridized carbons (Fsp3) is 0.556. The maximum Gasteiger partial charge on any atom is 0.407 e. The number of hydrogen-bond donors (Lipinski definition) is 3. The van der Waals surface area contributed by atoms with Gasteiger partial charge in [0.2, 0.25) is 0 Å². The van der Waals surface area contributed by atoms with Crippen LogP contribution in [0.3, 0.4) is 0 Å². The second kappa shape index (κ2) is 10.6. The van der Waals surface area contributed by atoms with Gasteiger partial charge in [0.25, 0.3) is 0 Å². The van der Waals surface area contributed by atoms with Crippen LogP contribution < -0.4 is 16.0 Å². The number of alkyl carbamates (subject to hydrolysis) is 1. The Labute approximate surface area is 150 Å². The molecule has 140 valence electrons. The summed E-state index contributed by atoms with van der Waals surface area (Å²) in [5.41, 5.74) is 0.598. The third-order valence-corrected chi connectivity index (χ3v) is 3.22. The number of nitrogens with one attached hydrogen (secondary N) is 3. The van der Waals surface area contributed by atoms with Crippen LogP contribution >= 0.6 is 0 Å². The fourth-order valence-electron chi connectivity index (χ4n) is 2.07. The summed E-state index contributed by atoms with van der Waals surface area (Å²) in [5, 5.41) is 9.04. The van der Waals surface area contributed by atoms with E-state index in [-0.39, 0.29) is 6.10 Å². The Balaban J connectivity index is 2.32. The number of aliphatic imine (C=N–C) groups is 1. The minimum Gasteiger partial charge on any atom is -0.444 e. The molecule has 7 heteroatoms. The van der Waals surface area contributed by atoms with Gasteiger partial charge < -0.3 is 25.4 Å². The molecule has 0 spiro atoms. The zero-order valence-electron chi connectivity index (χ0n) is 15.8. The quantitative estimate of drug-likeness (QED) is 0.398. The largest absolute Gasteiger partial charge is 0.444 e. The van der Waals surface area contributed by atoms with E-state index in [4.69, 9.17) is 9.47 Å². The van der Waals surface area contributed by atoms with Crippen LogP contribution in [0.4, 0.5) is 4.79 Å². The highest BCUT2D eigenvalue weighted by atomic mass is 16.6. The topological polar surface area (TPSA) is 84.0 Å². The monoisotopic (exact) mass is 350 g/mol. The normalized spacial score (nSPS) is 13.1. The maximum absolute atomic E-state index is 11.6. The predicted molar refractivity (Wildman–Crippen MR) is 99.8 cm³/mol. The van der Waals surface area contributed by atoms with Gasteiger partial charge in [-0.3, -0.25) is 4.99 Å². The first-order valence-electron chi connectivity index (χ1n) is 8.35. The van der Waals surface area contributed by atoms with E-state index in [1.807, 2.05) is 51.1 Å². The van der Waals surface area contributed by atoms with E-state index in [1.165, 1.54) is 0 Å². The van der Waals surface area contributed by atoms with E-state index in [0.29, 0.717) is 25.6 Å². The summed E-state index contributed by atoms with van der Waals surface area (Å²) >= 11 is 0. The number of rotatable bonds is 7. The Morgan fingerprint density at radius 3 is 2.32 bits per heavy atom. The lowest BCUT2D eigenvalue weighted by atomic mass is 10.1. The number of amides is 1. The molecule has 1 unspecified atom stereocenters. The molecule has 1 amide bonds. The van der Waals surface area contributed by atoms with Crippen LogP contribution in [0.25, 0.3) is 0 Å². The standard InChI is InChI=1S/C18H30N4O3/c1-18(2,3)25-17(23)21-12-11-20-16(19-4)22-13-15(24-5)14-9-7-6-8-10-14/h6-10,15H,11-13H2,1-5H3,(H,21,23)(H2,19,20,22). The smallest absolute Gasteiger partial charge is 0.407 e. The Morgan fingerprint density at radius 2 is 1.76 bits per heavy atom. The van der Waals surface area contributed by atoms with Crippen molar-refractivity contribution in [2.45, 2.75) is 32.5 Å². The number of hydrogen-bond acceptors (Lipinski definition) is 4. The van der Waals surface area contributed by atoms with Crippen molar-refractivity contribution in [1.29, 1.82) is 0 Å². The van der Waals surface area contributed by atoms with E-state index in [9.17, 15) is 4.79 Å². The van der Waals surface area contributed by atoms with Crippen LogP contribution in [0.5, 0.6) is 0 Å². The molecule has 1 aromatic rings. The van der Waals surface area contributed by atoms with Gasteiger partial charge in [-0.2, -0.15) is 0 Å². The Morgan fingerprint density at radius 1 is 1.12 bits per heavy atom. The second-order valence-corrected chi connectivity index (χ2v) is 6.44. The summed E-state index contributed by atoms with van der Waals surface area (Å²) in [7, 11) is 3.38. The Hall–Kier alpha value is -2.28. The first kappa shape index (κ1) is 20.8. The average Bonchev–Trinajstić information content (AvgIpc) is 2.56. The molecule has 0 aromatic heterocycles. The predicted octanol–water partition coefficient (Wildman–Crippen LogP) is 2.06. The van der Waals surface area contributed by atoms with Gasteiger partial charge in [0.05, 0.1) is 6.10 Å². The first-order chi connectivity index (χ1) is 11.9. The molecule has 0 heterocycles. The lowest BCUT2D eigenvalue weighted by molar-refractivity contribution is 0.0529. The molecule has 0 saturated carbocycles. The molecule has 1 rings (SSSR count). The van der Waals surface area contributed by atoms with Gasteiger partial charge in [0.1, 0.15) is 5.60 Å². The average molecular weight is 350 g/mol. The Kier molecular flexibility index (Phi) is 8.77. The zero-order chi connectivity index (χ0) is 18.7. The summed E-state index contributed by atoms with van der Waals surface area (Å²) in [6.07, 6.45) is -0.500. The van der Waals surface area contributed by atoms with Crippen LogP contribution in [0.2, 0.25) is 0 Å². The number of guanidine groups is 1. The minimum atomic E-state index is -0.498. The van der Waals surface area contributed by atoms with E-state index in [2.05, 4.69) is 20.9 Å². The summed E-state index contributed by atoms with van der Waals surface area (Å²) < 4.78 is 10.7. The van der Waals surface area contributed by atoms with Gasteiger partial charge in [-0.1, -0.05) is 30.3 Å². The van der Waals surface area contributed by atoms with Crippen LogP contribution in [0.1, 0.15) is 32.4 Å². The highest BCUT2D eigenvalue weighted by Gasteiger charge is 2.15. The number of nitrogens with zero attached hydrogens (tertiary/aromatic N) is 1. The van der Waals surface area contributed by atoms with Crippen molar-refractivity contribution in [1.82, 2.24) is 16.0 Å². The summed E-state index contributed by atoms with van der Waals surface area (Å²) in [6.45, 7) is 7.03. The Bertz CT molecular complexity index is 541. The van der Waals surface area contributed by atoms with Crippen LogP contribution in [-0.4, -0.2) is 51.4 Å². The van der Waals surface area contributed by atoms with Gasteiger partial charge in [-0.15, -0.1) is 0 Å². The lowest BCUT2D eigenvalue weighted by Crippen LogP contribution is -2.43. The molecule has 1 aromatic carbocycles. The summed E-state index contributed by atoms with van der Waals surface area (Å²) in [5.74, 6) is 0.643. The van der Waals surface area contributed by atoms with Crippen molar-refractivity contribution in [3.8, 4) is 0 Å². The fourth-order valence-corrected chi connectivity index (χ4v) is 2.07. The van der Waals surface area contributed by atoms with Crippen molar-refractivity contribution < 1.29 is 14.3 Å². The molecule has 3 N–H and O–H groups in total. The highest BCUT2D eigenvalue weighted by Crippen LogP contribution is 2.14. The molecule has 0 aliphatic rings. The highest BCUT2D eigenvalue weighted by molar-refractivity contribution is 5.79. The number of carbonyl (C=O) groups is 1. The van der Waals surface area contributed by atoms with Crippen LogP contribution in [0, 0.1) is 0 Å².